The van der Waals surface area contributed by atoms with Crippen molar-refractivity contribution in [3.63, 3.8) is 0 Å². The Hall–Kier alpha value is 0.200. The Morgan fingerprint density at radius 2 is 1.88 bits per heavy atom. The molecule has 0 aliphatic heterocycles. The van der Waals surface area contributed by atoms with Gasteiger partial charge in [0.15, 0.2) is 0 Å². The topological polar surface area (TPSA) is 46.2 Å². The predicted octanol–water partition coefficient (Wildman–Crippen LogP) is 2.75. The SMILES string of the molecule is CC(C)(C)CCS(=O)(=O)NCC1(CCCl)CC1. The molecule has 1 aliphatic carbocycles. The van der Waals surface area contributed by atoms with E-state index < -0.39 is 10.0 Å². The molecule has 0 spiro atoms. The van der Waals surface area contributed by atoms with Gasteiger partial charge in [-0.15, -0.1) is 11.6 Å². The molecular weight excluding hydrogens is 258 g/mol. The second-order valence-corrected chi connectivity index (χ2v) is 8.69. The average Bonchev–Trinajstić information content (AvgIpc) is 2.93. The molecule has 1 rings (SSSR count). The van der Waals surface area contributed by atoms with Gasteiger partial charge in [0.05, 0.1) is 5.75 Å². The average molecular weight is 282 g/mol. The van der Waals surface area contributed by atoms with Gasteiger partial charge < -0.3 is 0 Å². The van der Waals surface area contributed by atoms with E-state index in [1.54, 1.807) is 0 Å². The van der Waals surface area contributed by atoms with E-state index >= 15 is 0 Å². The maximum Gasteiger partial charge on any atom is 0.211 e. The Labute approximate surface area is 110 Å². The third kappa shape index (κ3) is 6.07. The van der Waals surface area contributed by atoms with E-state index in [2.05, 4.69) is 25.5 Å². The molecule has 17 heavy (non-hydrogen) atoms. The van der Waals surface area contributed by atoms with Crippen LogP contribution in [-0.4, -0.2) is 26.6 Å². The zero-order chi connectivity index (χ0) is 13.2. The minimum absolute atomic E-state index is 0.0577. The fourth-order valence-corrected chi connectivity index (χ4v) is 3.62. The molecule has 1 N–H and O–H groups in total. The number of rotatable bonds is 7. The number of alkyl halides is 1. The molecule has 0 aromatic heterocycles. The van der Waals surface area contributed by atoms with E-state index in [0.717, 1.165) is 19.3 Å². The molecule has 0 bridgehead atoms. The first-order valence-corrected chi connectivity index (χ1v) is 8.40. The molecule has 1 aliphatic rings. The highest BCUT2D eigenvalue weighted by Gasteiger charge is 2.42. The number of hydrogen-bond donors (Lipinski definition) is 1. The predicted molar refractivity (Wildman–Crippen MR) is 72.9 cm³/mol. The monoisotopic (exact) mass is 281 g/mol. The second-order valence-electron chi connectivity index (χ2n) is 6.39. The van der Waals surface area contributed by atoms with Crippen LogP contribution in [0.1, 0.15) is 46.5 Å². The third-order valence-electron chi connectivity index (χ3n) is 3.37. The van der Waals surface area contributed by atoms with Crippen LogP contribution in [0.5, 0.6) is 0 Å². The van der Waals surface area contributed by atoms with Gasteiger partial charge in [-0.2, -0.15) is 0 Å². The van der Waals surface area contributed by atoms with Crippen LogP contribution in [0.25, 0.3) is 0 Å². The fourth-order valence-electron chi connectivity index (χ4n) is 1.67. The van der Waals surface area contributed by atoms with Crippen LogP contribution in [0.4, 0.5) is 0 Å². The maximum atomic E-state index is 11.8. The summed E-state index contributed by atoms with van der Waals surface area (Å²) >= 11 is 5.72. The summed E-state index contributed by atoms with van der Waals surface area (Å²) in [7, 11) is -3.12. The number of nitrogens with one attached hydrogen (secondary N) is 1. The summed E-state index contributed by atoms with van der Waals surface area (Å²) in [5, 5.41) is 0. The molecule has 1 saturated carbocycles. The van der Waals surface area contributed by atoms with E-state index in [-0.39, 0.29) is 16.6 Å². The van der Waals surface area contributed by atoms with Crippen LogP contribution in [0.15, 0.2) is 0 Å². The highest BCUT2D eigenvalue weighted by molar-refractivity contribution is 7.89. The van der Waals surface area contributed by atoms with Crippen LogP contribution in [0.3, 0.4) is 0 Å². The van der Waals surface area contributed by atoms with Crippen LogP contribution < -0.4 is 4.72 Å². The van der Waals surface area contributed by atoms with Crippen molar-refractivity contribution in [2.45, 2.75) is 46.5 Å². The van der Waals surface area contributed by atoms with Crippen molar-refractivity contribution in [2.24, 2.45) is 10.8 Å². The van der Waals surface area contributed by atoms with Gasteiger partial charge in [0.25, 0.3) is 0 Å². The number of hydrogen-bond acceptors (Lipinski definition) is 2. The minimum atomic E-state index is -3.12. The minimum Gasteiger partial charge on any atom is -0.215 e. The Balaban J connectivity index is 2.35. The molecule has 0 radical (unpaired) electrons. The van der Waals surface area contributed by atoms with Crippen LogP contribution >= 0.6 is 11.6 Å². The second kappa shape index (κ2) is 5.45. The molecule has 102 valence electrons. The van der Waals surface area contributed by atoms with Crippen molar-refractivity contribution in [2.75, 3.05) is 18.2 Å². The highest BCUT2D eigenvalue weighted by Crippen LogP contribution is 2.48. The van der Waals surface area contributed by atoms with Gasteiger partial charge in [-0.05, 0) is 36.5 Å². The molecule has 1 fully saturated rings. The zero-order valence-corrected chi connectivity index (χ0v) is 12.6. The summed E-state index contributed by atoms with van der Waals surface area (Å²) in [6, 6.07) is 0. The van der Waals surface area contributed by atoms with E-state index in [1.165, 1.54) is 0 Å². The van der Waals surface area contributed by atoms with Gasteiger partial charge in [0, 0.05) is 12.4 Å². The summed E-state index contributed by atoms with van der Waals surface area (Å²) in [6.45, 7) is 6.72. The molecular formula is C12H24ClNO2S. The Bertz CT molecular complexity index is 342. The lowest BCUT2D eigenvalue weighted by Gasteiger charge is -2.19. The van der Waals surface area contributed by atoms with Gasteiger partial charge in [-0.25, -0.2) is 13.1 Å². The van der Waals surface area contributed by atoms with Gasteiger partial charge >= 0.3 is 0 Å². The zero-order valence-electron chi connectivity index (χ0n) is 11.1. The molecule has 0 unspecified atom stereocenters. The molecule has 0 aromatic carbocycles. The summed E-state index contributed by atoms with van der Waals surface area (Å²) in [4.78, 5) is 0. The lowest BCUT2D eigenvalue weighted by atomic mass is 9.94. The van der Waals surface area contributed by atoms with Crippen molar-refractivity contribution in [1.29, 1.82) is 0 Å². The first-order chi connectivity index (χ1) is 7.68. The van der Waals surface area contributed by atoms with Crippen molar-refractivity contribution >= 4 is 21.6 Å². The van der Waals surface area contributed by atoms with Crippen LogP contribution in [0, 0.1) is 10.8 Å². The van der Waals surface area contributed by atoms with E-state index in [4.69, 9.17) is 11.6 Å². The largest absolute Gasteiger partial charge is 0.215 e. The van der Waals surface area contributed by atoms with Crippen molar-refractivity contribution in [3.8, 4) is 0 Å². The smallest absolute Gasteiger partial charge is 0.211 e. The van der Waals surface area contributed by atoms with E-state index in [9.17, 15) is 8.42 Å². The Morgan fingerprint density at radius 3 is 2.29 bits per heavy atom. The van der Waals surface area contributed by atoms with E-state index in [1.807, 2.05) is 0 Å². The molecule has 0 saturated heterocycles. The van der Waals surface area contributed by atoms with Crippen molar-refractivity contribution < 1.29 is 8.42 Å². The molecule has 0 amide bonds. The Morgan fingerprint density at radius 1 is 1.29 bits per heavy atom. The van der Waals surface area contributed by atoms with Gasteiger partial charge in [-0.1, -0.05) is 20.8 Å². The molecule has 0 atom stereocenters. The lowest BCUT2D eigenvalue weighted by Crippen LogP contribution is -2.33. The normalized spacial score (nSPS) is 19.3. The summed E-state index contributed by atoms with van der Waals surface area (Å²) < 4.78 is 26.4. The molecule has 0 heterocycles. The summed E-state index contributed by atoms with van der Waals surface area (Å²) in [5.74, 6) is 0.831. The highest BCUT2D eigenvalue weighted by atomic mass is 35.5. The third-order valence-corrected chi connectivity index (χ3v) is 4.88. The maximum absolute atomic E-state index is 11.8. The van der Waals surface area contributed by atoms with Gasteiger partial charge in [0.2, 0.25) is 10.0 Å². The van der Waals surface area contributed by atoms with Crippen LogP contribution in [-0.2, 0) is 10.0 Å². The molecule has 3 nitrogen and oxygen atoms in total. The first-order valence-electron chi connectivity index (χ1n) is 6.21. The Kier molecular flexibility index (Phi) is 4.89. The van der Waals surface area contributed by atoms with E-state index in [0.29, 0.717) is 18.8 Å². The fraction of sp³-hybridized carbons (Fsp3) is 1.00. The summed E-state index contributed by atoms with van der Waals surface area (Å²) in [5.41, 5.74) is 0.221. The van der Waals surface area contributed by atoms with Gasteiger partial charge in [0.1, 0.15) is 0 Å². The first kappa shape index (κ1) is 15.3. The number of sulfonamides is 1. The standard InChI is InChI=1S/C12H24ClNO2S/c1-11(2,3)7-9-17(15,16)14-10-12(4-5-12)6-8-13/h14H,4-10H2,1-3H3. The lowest BCUT2D eigenvalue weighted by molar-refractivity contribution is 0.395. The molecule has 0 aromatic rings. The number of halogens is 1. The molecule has 5 heteroatoms. The van der Waals surface area contributed by atoms with Gasteiger partial charge in [-0.3, -0.25) is 0 Å². The van der Waals surface area contributed by atoms with Crippen molar-refractivity contribution in [1.82, 2.24) is 4.72 Å². The van der Waals surface area contributed by atoms with Crippen LogP contribution in [0.2, 0.25) is 0 Å². The quantitative estimate of drug-likeness (QED) is 0.730. The summed E-state index contributed by atoms with van der Waals surface area (Å²) in [6.07, 6.45) is 3.80. The van der Waals surface area contributed by atoms with Crippen molar-refractivity contribution in [3.05, 3.63) is 0 Å².